The fraction of sp³-hybridized carbons (Fsp3) is 0.500. The molecule has 118 valence electrons. The molecular weight excluding hydrogens is 279 g/mol. The second kappa shape index (κ2) is 6.23. The molecule has 0 N–H and O–H groups in total. The number of benzene rings is 1. The van der Waals surface area contributed by atoms with E-state index in [-0.39, 0.29) is 0 Å². The lowest BCUT2D eigenvalue weighted by Crippen LogP contribution is -2.45. The van der Waals surface area contributed by atoms with Gasteiger partial charge in [-0.25, -0.2) is 0 Å². The van der Waals surface area contributed by atoms with Gasteiger partial charge in [-0.2, -0.15) is 0 Å². The second-order valence-electron chi connectivity index (χ2n) is 8.37. The Bertz CT molecular complexity index is 594. The van der Waals surface area contributed by atoms with Crippen LogP contribution in [0.25, 0.3) is 0 Å². The van der Waals surface area contributed by atoms with Crippen LogP contribution in [0.15, 0.2) is 35.4 Å². The van der Waals surface area contributed by atoms with Crippen molar-refractivity contribution in [3.63, 3.8) is 0 Å². The maximum absolute atomic E-state index is 2.60. The van der Waals surface area contributed by atoms with E-state index < -0.39 is 8.07 Å². The average molecular weight is 310 g/mol. The molecule has 0 fully saturated rings. The molecule has 0 amide bonds. The molecule has 0 saturated carbocycles. The average Bonchev–Trinajstić information content (AvgIpc) is 2.36. The molecule has 1 heterocycles. The highest BCUT2D eigenvalue weighted by Gasteiger charge is 2.34. The first-order valence-corrected chi connectivity index (χ1v) is 12.1. The van der Waals surface area contributed by atoms with Crippen molar-refractivity contribution in [2.24, 2.45) is 11.8 Å². The molecule has 2 rings (SSSR count). The van der Waals surface area contributed by atoms with Gasteiger partial charge in [-0.05, 0) is 32.6 Å². The first kappa shape index (κ1) is 17.3. The zero-order chi connectivity index (χ0) is 16.7. The van der Waals surface area contributed by atoms with Crippen molar-refractivity contribution in [3.05, 3.63) is 52.0 Å². The third-order valence-electron chi connectivity index (χ3n) is 4.92. The van der Waals surface area contributed by atoms with Crippen molar-refractivity contribution in [3.8, 4) is 0 Å². The first-order chi connectivity index (χ1) is 10.1. The Morgan fingerprint density at radius 1 is 1.00 bits per heavy atom. The molecule has 0 aromatic heterocycles. The topological polar surface area (TPSA) is 0 Å². The SMILES string of the molecule is Cc1cc(C)c(B2C=CC(C(C)C)C=C2[Si](C)(C)C)c(C)c1. The lowest BCUT2D eigenvalue weighted by Gasteiger charge is -2.33. The van der Waals surface area contributed by atoms with Crippen LogP contribution in [0.3, 0.4) is 0 Å². The van der Waals surface area contributed by atoms with E-state index in [0.29, 0.717) is 18.5 Å². The summed E-state index contributed by atoms with van der Waals surface area (Å²) < 4.78 is 0. The molecule has 0 radical (unpaired) electrons. The van der Waals surface area contributed by atoms with Crippen LogP contribution in [0.2, 0.25) is 19.6 Å². The summed E-state index contributed by atoms with van der Waals surface area (Å²) in [4.78, 5) is 0. The smallest absolute Gasteiger partial charge is 0.109 e. The summed E-state index contributed by atoms with van der Waals surface area (Å²) >= 11 is 0. The standard InChI is InChI=1S/C20H31BSi/c1-14(2)18-9-10-21(19(13-18)22(6,7)8)20-16(4)11-15(3)12-17(20)5/h9-14,18H,1-8H3. The van der Waals surface area contributed by atoms with Crippen molar-refractivity contribution >= 4 is 20.2 Å². The van der Waals surface area contributed by atoms with Gasteiger partial charge in [0, 0.05) is 0 Å². The Kier molecular flexibility index (Phi) is 4.91. The van der Waals surface area contributed by atoms with Crippen molar-refractivity contribution in [2.75, 3.05) is 0 Å². The molecule has 0 nitrogen and oxygen atoms in total. The lowest BCUT2D eigenvalue weighted by atomic mass is 9.41. The monoisotopic (exact) mass is 310 g/mol. The molecule has 0 bridgehead atoms. The van der Waals surface area contributed by atoms with Crippen molar-refractivity contribution < 1.29 is 0 Å². The van der Waals surface area contributed by atoms with Crippen LogP contribution >= 0.6 is 0 Å². The van der Waals surface area contributed by atoms with Gasteiger partial charge < -0.3 is 0 Å². The van der Waals surface area contributed by atoms with Gasteiger partial charge >= 0.3 is 0 Å². The van der Waals surface area contributed by atoms with E-state index in [2.05, 4.69) is 84.5 Å². The summed E-state index contributed by atoms with van der Waals surface area (Å²) in [5.41, 5.74) is 5.80. The molecular formula is C20H31BSi. The third-order valence-corrected chi connectivity index (χ3v) is 7.13. The molecule has 0 spiro atoms. The van der Waals surface area contributed by atoms with Gasteiger partial charge in [0.1, 0.15) is 0 Å². The molecule has 1 atom stereocenters. The van der Waals surface area contributed by atoms with E-state index in [4.69, 9.17) is 0 Å². The second-order valence-corrected chi connectivity index (χ2v) is 13.4. The minimum atomic E-state index is -1.34. The molecule has 0 saturated heterocycles. The Hall–Kier alpha value is -1.02. The summed E-state index contributed by atoms with van der Waals surface area (Å²) in [6.45, 7) is 19.4. The van der Waals surface area contributed by atoms with Crippen molar-refractivity contribution in [1.29, 1.82) is 0 Å². The summed E-state index contributed by atoms with van der Waals surface area (Å²) in [7, 11) is -1.34. The van der Waals surface area contributed by atoms with Gasteiger partial charge in [-0.1, -0.05) is 79.9 Å². The van der Waals surface area contributed by atoms with Gasteiger partial charge in [-0.3, -0.25) is 0 Å². The Labute approximate surface area is 138 Å². The van der Waals surface area contributed by atoms with E-state index in [1.54, 1.807) is 5.10 Å². The van der Waals surface area contributed by atoms with E-state index in [1.807, 2.05) is 0 Å². The van der Waals surface area contributed by atoms with Crippen LogP contribution in [0, 0.1) is 32.6 Å². The Morgan fingerprint density at radius 3 is 2.00 bits per heavy atom. The van der Waals surface area contributed by atoms with Crippen molar-refractivity contribution in [1.82, 2.24) is 0 Å². The highest BCUT2D eigenvalue weighted by Crippen LogP contribution is 2.29. The fourth-order valence-corrected chi connectivity index (χ4v) is 5.64. The highest BCUT2D eigenvalue weighted by molar-refractivity contribution is 7.04. The quantitative estimate of drug-likeness (QED) is 0.686. The van der Waals surface area contributed by atoms with Gasteiger partial charge in [0.2, 0.25) is 6.71 Å². The maximum Gasteiger partial charge on any atom is 0.225 e. The highest BCUT2D eigenvalue weighted by atomic mass is 28.3. The molecule has 2 heteroatoms. The van der Waals surface area contributed by atoms with Crippen LogP contribution in [0.4, 0.5) is 0 Å². The number of aryl methyl sites for hydroxylation is 3. The van der Waals surface area contributed by atoms with Crippen LogP contribution < -0.4 is 5.46 Å². The van der Waals surface area contributed by atoms with Gasteiger partial charge in [0.15, 0.2) is 0 Å². The largest absolute Gasteiger partial charge is 0.225 e. The van der Waals surface area contributed by atoms with Gasteiger partial charge in [0.25, 0.3) is 0 Å². The number of allylic oxidation sites excluding steroid dienone is 2. The van der Waals surface area contributed by atoms with Gasteiger partial charge in [-0.15, -0.1) is 11.1 Å². The lowest BCUT2D eigenvalue weighted by molar-refractivity contribution is 0.549. The predicted octanol–water partition coefficient (Wildman–Crippen LogP) is 5.04. The summed E-state index contributed by atoms with van der Waals surface area (Å²) in [6, 6.07) is 4.68. The first-order valence-electron chi connectivity index (χ1n) is 8.59. The number of rotatable bonds is 3. The predicted molar refractivity (Wildman–Crippen MR) is 105 cm³/mol. The summed E-state index contributed by atoms with van der Waals surface area (Å²) in [5.74, 6) is 3.77. The van der Waals surface area contributed by atoms with E-state index in [1.165, 1.54) is 22.2 Å². The molecule has 1 unspecified atom stereocenters. The third kappa shape index (κ3) is 3.48. The van der Waals surface area contributed by atoms with Crippen LogP contribution in [0.5, 0.6) is 0 Å². The zero-order valence-electron chi connectivity index (χ0n) is 15.6. The van der Waals surface area contributed by atoms with E-state index in [0.717, 1.165) is 0 Å². The molecule has 1 aliphatic heterocycles. The minimum absolute atomic E-state index is 0.488. The summed E-state index contributed by atoms with van der Waals surface area (Å²) in [6.07, 6.45) is 5.04. The van der Waals surface area contributed by atoms with Gasteiger partial charge in [0.05, 0.1) is 8.07 Å². The van der Waals surface area contributed by atoms with Crippen LogP contribution in [0.1, 0.15) is 30.5 Å². The number of hydrogen-bond acceptors (Lipinski definition) is 0. The molecule has 0 aliphatic carbocycles. The molecule has 1 aromatic rings. The molecule has 22 heavy (non-hydrogen) atoms. The maximum atomic E-state index is 2.60. The minimum Gasteiger partial charge on any atom is -0.109 e. The Morgan fingerprint density at radius 2 is 1.55 bits per heavy atom. The number of hydrogen-bond donors (Lipinski definition) is 0. The van der Waals surface area contributed by atoms with Crippen molar-refractivity contribution in [2.45, 2.75) is 54.3 Å². The zero-order valence-corrected chi connectivity index (χ0v) is 16.6. The normalized spacial score (nSPS) is 18.9. The van der Waals surface area contributed by atoms with E-state index in [9.17, 15) is 0 Å². The molecule has 1 aliphatic rings. The fourth-order valence-electron chi connectivity index (χ4n) is 3.77. The van der Waals surface area contributed by atoms with E-state index >= 15 is 0 Å². The molecule has 1 aromatic carbocycles. The summed E-state index contributed by atoms with van der Waals surface area (Å²) in [5, 5.41) is 1.71. The van der Waals surface area contributed by atoms with Crippen LogP contribution in [-0.4, -0.2) is 14.8 Å². The van der Waals surface area contributed by atoms with Crippen LogP contribution in [-0.2, 0) is 0 Å². The Balaban J connectivity index is 2.56.